The van der Waals surface area contributed by atoms with Crippen molar-refractivity contribution in [2.75, 3.05) is 19.7 Å². The van der Waals surface area contributed by atoms with Gasteiger partial charge in [-0.3, -0.25) is 0 Å². The number of benzene rings is 1. The maximum atomic E-state index is 5.91. The van der Waals surface area contributed by atoms with Gasteiger partial charge in [0.2, 0.25) is 0 Å². The maximum absolute atomic E-state index is 5.91. The lowest BCUT2D eigenvalue weighted by Gasteiger charge is -2.12. The van der Waals surface area contributed by atoms with Gasteiger partial charge in [-0.25, -0.2) is 0 Å². The van der Waals surface area contributed by atoms with Crippen LogP contribution in [0.15, 0.2) is 12.1 Å². The third-order valence-electron chi connectivity index (χ3n) is 3.17. The van der Waals surface area contributed by atoms with E-state index in [-0.39, 0.29) is 0 Å². The standard InChI is InChI=1S/C16H27NO/c1-5-6-8-17-9-7-10-18-16-14(3)11-13(2)12-15(16)4/h11-12,17H,5-10H2,1-4H3/p+1. The van der Waals surface area contributed by atoms with Gasteiger partial charge in [0.25, 0.3) is 0 Å². The van der Waals surface area contributed by atoms with Crippen molar-refractivity contribution in [2.45, 2.75) is 47.0 Å². The first-order valence-corrected chi connectivity index (χ1v) is 7.17. The smallest absolute Gasteiger partial charge is 0.125 e. The van der Waals surface area contributed by atoms with E-state index in [4.69, 9.17) is 4.74 Å². The van der Waals surface area contributed by atoms with Crippen LogP contribution in [0.25, 0.3) is 0 Å². The first kappa shape index (κ1) is 15.0. The van der Waals surface area contributed by atoms with Crippen LogP contribution in [0.5, 0.6) is 5.75 Å². The minimum Gasteiger partial charge on any atom is -0.493 e. The minimum absolute atomic E-state index is 0.827. The van der Waals surface area contributed by atoms with Crippen molar-refractivity contribution >= 4 is 0 Å². The Labute approximate surface area is 112 Å². The highest BCUT2D eigenvalue weighted by Gasteiger charge is 2.04. The number of aryl methyl sites for hydroxylation is 3. The Morgan fingerprint density at radius 3 is 2.22 bits per heavy atom. The molecule has 0 aromatic heterocycles. The first-order chi connectivity index (χ1) is 8.65. The SMILES string of the molecule is CCCC[NH2+]CCCOc1c(C)cc(C)cc1C. The van der Waals surface area contributed by atoms with Gasteiger partial charge in [0.05, 0.1) is 19.7 Å². The summed E-state index contributed by atoms with van der Waals surface area (Å²) in [6.07, 6.45) is 3.72. The molecule has 0 unspecified atom stereocenters. The second kappa shape index (κ2) is 8.15. The number of unbranched alkanes of at least 4 members (excludes halogenated alkanes) is 1. The monoisotopic (exact) mass is 250 g/mol. The number of ether oxygens (including phenoxy) is 1. The van der Waals surface area contributed by atoms with E-state index in [2.05, 4.69) is 45.1 Å². The molecule has 0 amide bonds. The lowest BCUT2D eigenvalue weighted by molar-refractivity contribution is -0.655. The zero-order chi connectivity index (χ0) is 13.4. The number of hydrogen-bond acceptors (Lipinski definition) is 1. The Morgan fingerprint density at radius 2 is 1.61 bits per heavy atom. The van der Waals surface area contributed by atoms with Gasteiger partial charge < -0.3 is 10.1 Å². The van der Waals surface area contributed by atoms with Crippen molar-refractivity contribution in [1.82, 2.24) is 0 Å². The normalized spacial score (nSPS) is 10.7. The van der Waals surface area contributed by atoms with Crippen LogP contribution in [-0.4, -0.2) is 19.7 Å². The van der Waals surface area contributed by atoms with Gasteiger partial charge in [-0.15, -0.1) is 0 Å². The van der Waals surface area contributed by atoms with Crippen LogP contribution in [0.2, 0.25) is 0 Å². The number of rotatable bonds is 8. The molecule has 102 valence electrons. The molecule has 2 heteroatoms. The summed E-state index contributed by atoms with van der Waals surface area (Å²) in [5.74, 6) is 1.08. The molecule has 0 spiro atoms. The Balaban J connectivity index is 2.27. The molecule has 0 heterocycles. The third kappa shape index (κ3) is 5.09. The van der Waals surface area contributed by atoms with E-state index in [1.165, 1.54) is 42.6 Å². The molecule has 0 aliphatic rings. The second-order valence-corrected chi connectivity index (χ2v) is 5.15. The van der Waals surface area contributed by atoms with Gasteiger partial charge in [0.1, 0.15) is 5.75 Å². The molecule has 0 aliphatic carbocycles. The van der Waals surface area contributed by atoms with Crippen LogP contribution in [-0.2, 0) is 0 Å². The molecule has 0 saturated heterocycles. The predicted molar refractivity (Wildman–Crippen MR) is 77.3 cm³/mol. The van der Waals surface area contributed by atoms with E-state index in [0.717, 1.165) is 18.8 Å². The van der Waals surface area contributed by atoms with Gasteiger partial charge in [-0.1, -0.05) is 31.0 Å². The van der Waals surface area contributed by atoms with Gasteiger partial charge in [0.15, 0.2) is 0 Å². The first-order valence-electron chi connectivity index (χ1n) is 7.17. The molecule has 2 nitrogen and oxygen atoms in total. The van der Waals surface area contributed by atoms with E-state index in [0.29, 0.717) is 0 Å². The average Bonchev–Trinajstić information content (AvgIpc) is 2.30. The third-order valence-corrected chi connectivity index (χ3v) is 3.17. The predicted octanol–water partition coefficient (Wildman–Crippen LogP) is 2.74. The lowest BCUT2D eigenvalue weighted by atomic mass is 10.1. The Bertz CT molecular complexity index is 337. The van der Waals surface area contributed by atoms with Gasteiger partial charge >= 0.3 is 0 Å². The van der Waals surface area contributed by atoms with Crippen LogP contribution < -0.4 is 10.1 Å². The fourth-order valence-electron chi connectivity index (χ4n) is 2.29. The van der Waals surface area contributed by atoms with Crippen LogP contribution in [0.4, 0.5) is 0 Å². The molecule has 18 heavy (non-hydrogen) atoms. The molecule has 0 atom stereocenters. The van der Waals surface area contributed by atoms with Crippen molar-refractivity contribution in [2.24, 2.45) is 0 Å². The summed E-state index contributed by atoms with van der Waals surface area (Å²) in [5, 5.41) is 2.39. The van der Waals surface area contributed by atoms with Crippen molar-refractivity contribution < 1.29 is 10.1 Å². The summed E-state index contributed by atoms with van der Waals surface area (Å²) < 4.78 is 5.91. The quantitative estimate of drug-likeness (QED) is 0.705. The number of quaternary nitrogens is 1. The van der Waals surface area contributed by atoms with Crippen molar-refractivity contribution in [3.8, 4) is 5.75 Å². The van der Waals surface area contributed by atoms with Gasteiger partial charge in [-0.05, 0) is 38.3 Å². The van der Waals surface area contributed by atoms with E-state index < -0.39 is 0 Å². The molecular weight excluding hydrogens is 222 g/mol. The molecule has 0 aliphatic heterocycles. The summed E-state index contributed by atoms with van der Waals surface area (Å²) in [6.45, 7) is 11.9. The molecule has 0 saturated carbocycles. The van der Waals surface area contributed by atoms with E-state index >= 15 is 0 Å². The molecular formula is C16H28NO+. The van der Waals surface area contributed by atoms with Crippen molar-refractivity contribution in [3.05, 3.63) is 28.8 Å². The highest BCUT2D eigenvalue weighted by atomic mass is 16.5. The molecule has 0 radical (unpaired) electrons. The van der Waals surface area contributed by atoms with Crippen molar-refractivity contribution in [1.29, 1.82) is 0 Å². The molecule has 0 bridgehead atoms. The van der Waals surface area contributed by atoms with Crippen LogP contribution in [0.1, 0.15) is 42.9 Å². The van der Waals surface area contributed by atoms with E-state index in [1.807, 2.05) is 0 Å². The largest absolute Gasteiger partial charge is 0.493 e. The Hall–Kier alpha value is -1.02. The lowest BCUT2D eigenvalue weighted by Crippen LogP contribution is -2.84. The van der Waals surface area contributed by atoms with Gasteiger partial charge in [0, 0.05) is 6.42 Å². The van der Waals surface area contributed by atoms with Crippen LogP contribution in [0, 0.1) is 20.8 Å². The highest BCUT2D eigenvalue weighted by Crippen LogP contribution is 2.24. The molecule has 1 aromatic rings. The maximum Gasteiger partial charge on any atom is 0.125 e. The van der Waals surface area contributed by atoms with Crippen molar-refractivity contribution in [3.63, 3.8) is 0 Å². The topological polar surface area (TPSA) is 25.8 Å². The van der Waals surface area contributed by atoms with Crippen LogP contribution in [0.3, 0.4) is 0 Å². The summed E-state index contributed by atoms with van der Waals surface area (Å²) >= 11 is 0. The summed E-state index contributed by atoms with van der Waals surface area (Å²) in [4.78, 5) is 0. The zero-order valence-corrected chi connectivity index (χ0v) is 12.4. The fraction of sp³-hybridized carbons (Fsp3) is 0.625. The zero-order valence-electron chi connectivity index (χ0n) is 12.4. The van der Waals surface area contributed by atoms with E-state index in [9.17, 15) is 0 Å². The van der Waals surface area contributed by atoms with E-state index in [1.54, 1.807) is 0 Å². The summed E-state index contributed by atoms with van der Waals surface area (Å²) in [6, 6.07) is 4.38. The number of nitrogens with two attached hydrogens (primary N) is 1. The molecule has 1 aromatic carbocycles. The van der Waals surface area contributed by atoms with Gasteiger partial charge in [-0.2, -0.15) is 0 Å². The minimum atomic E-state index is 0.827. The second-order valence-electron chi connectivity index (χ2n) is 5.15. The Morgan fingerprint density at radius 1 is 1.00 bits per heavy atom. The molecule has 1 rings (SSSR count). The molecule has 0 fully saturated rings. The highest BCUT2D eigenvalue weighted by molar-refractivity contribution is 5.42. The summed E-state index contributed by atoms with van der Waals surface area (Å²) in [5.41, 5.74) is 3.81. The summed E-state index contributed by atoms with van der Waals surface area (Å²) in [7, 11) is 0. The Kier molecular flexibility index (Phi) is 6.81. The van der Waals surface area contributed by atoms with Crippen LogP contribution >= 0.6 is 0 Å². The average molecular weight is 250 g/mol. The fourth-order valence-corrected chi connectivity index (χ4v) is 2.29. The molecule has 2 N–H and O–H groups in total. The number of hydrogen-bond donors (Lipinski definition) is 1.